The highest BCUT2D eigenvalue weighted by molar-refractivity contribution is 5.77. The van der Waals surface area contributed by atoms with Gasteiger partial charge in [-0.15, -0.1) is 5.10 Å². The second-order valence-electron chi connectivity index (χ2n) is 4.04. The molecule has 1 aromatic heterocycles. The van der Waals surface area contributed by atoms with E-state index in [1.54, 1.807) is 17.1 Å². The number of carbonyl (C=O) groups is 2. The molecule has 1 fully saturated rings. The van der Waals surface area contributed by atoms with Crippen molar-refractivity contribution in [3.63, 3.8) is 0 Å². The Morgan fingerprint density at radius 3 is 3.05 bits per heavy atom. The first-order chi connectivity index (χ1) is 9.16. The Kier molecular flexibility index (Phi) is 4.29. The second-order valence-corrected chi connectivity index (χ2v) is 4.04. The molecule has 1 atom stereocenters. The quantitative estimate of drug-likeness (QED) is 0.708. The van der Waals surface area contributed by atoms with Crippen LogP contribution in [0.15, 0.2) is 12.4 Å². The Labute approximate surface area is 109 Å². The lowest BCUT2D eigenvalue weighted by Crippen LogP contribution is -2.52. The van der Waals surface area contributed by atoms with Crippen LogP contribution in [0.3, 0.4) is 0 Å². The molecule has 2 rings (SSSR count). The molecular formula is C10H15N5O4. The molecule has 2 amide bonds. The molecule has 0 spiro atoms. The Balaban J connectivity index is 1.74. The minimum atomic E-state index is -1.06. The molecule has 1 aliphatic rings. The number of amides is 2. The first-order valence-electron chi connectivity index (χ1n) is 5.88. The normalized spacial score (nSPS) is 19.2. The van der Waals surface area contributed by atoms with Crippen LogP contribution >= 0.6 is 0 Å². The van der Waals surface area contributed by atoms with Gasteiger partial charge in [0.2, 0.25) is 0 Å². The van der Waals surface area contributed by atoms with Crippen LogP contribution in [0, 0.1) is 0 Å². The first kappa shape index (κ1) is 13.3. The topological polar surface area (TPSA) is 110 Å². The van der Waals surface area contributed by atoms with Crippen LogP contribution in [0.4, 0.5) is 4.79 Å². The van der Waals surface area contributed by atoms with Crippen molar-refractivity contribution < 1.29 is 19.4 Å². The van der Waals surface area contributed by atoms with Crippen molar-refractivity contribution in [2.75, 3.05) is 26.2 Å². The van der Waals surface area contributed by atoms with E-state index in [4.69, 9.17) is 9.84 Å². The fourth-order valence-corrected chi connectivity index (χ4v) is 1.72. The van der Waals surface area contributed by atoms with Gasteiger partial charge in [0.1, 0.15) is 0 Å². The lowest BCUT2D eigenvalue weighted by Gasteiger charge is -2.30. The maximum absolute atomic E-state index is 11.8. The molecule has 0 aliphatic carbocycles. The lowest BCUT2D eigenvalue weighted by atomic mass is 10.3. The highest BCUT2D eigenvalue weighted by atomic mass is 16.5. The van der Waals surface area contributed by atoms with E-state index in [0.717, 1.165) is 0 Å². The number of carbonyl (C=O) groups excluding carboxylic acids is 1. The summed E-state index contributed by atoms with van der Waals surface area (Å²) in [4.78, 5) is 24.0. The van der Waals surface area contributed by atoms with Crippen LogP contribution in [-0.2, 0) is 16.1 Å². The van der Waals surface area contributed by atoms with Crippen molar-refractivity contribution in [3.8, 4) is 0 Å². The molecule has 0 aromatic carbocycles. The van der Waals surface area contributed by atoms with Crippen LogP contribution in [0.1, 0.15) is 0 Å². The number of aromatic nitrogens is 3. The largest absolute Gasteiger partial charge is 0.479 e. The molecule has 0 radical (unpaired) electrons. The number of ether oxygens (including phenoxy) is 1. The maximum atomic E-state index is 11.8. The minimum absolute atomic E-state index is 0.0600. The second kappa shape index (κ2) is 6.14. The van der Waals surface area contributed by atoms with E-state index in [1.165, 1.54) is 4.90 Å². The third-order valence-electron chi connectivity index (χ3n) is 2.72. The first-order valence-corrected chi connectivity index (χ1v) is 5.88. The van der Waals surface area contributed by atoms with Gasteiger partial charge >= 0.3 is 12.0 Å². The van der Waals surface area contributed by atoms with Gasteiger partial charge in [-0.1, -0.05) is 5.21 Å². The van der Waals surface area contributed by atoms with Gasteiger partial charge in [-0.05, 0) is 0 Å². The number of morpholine rings is 1. The number of rotatable bonds is 4. The average Bonchev–Trinajstić information content (AvgIpc) is 2.92. The molecular weight excluding hydrogens is 254 g/mol. The van der Waals surface area contributed by atoms with E-state index < -0.39 is 12.1 Å². The molecule has 19 heavy (non-hydrogen) atoms. The van der Waals surface area contributed by atoms with Crippen molar-refractivity contribution in [2.24, 2.45) is 0 Å². The fraction of sp³-hybridized carbons (Fsp3) is 0.600. The third-order valence-corrected chi connectivity index (χ3v) is 2.72. The number of urea groups is 1. The van der Waals surface area contributed by atoms with E-state index in [1.807, 2.05) is 0 Å². The number of hydrogen-bond donors (Lipinski definition) is 2. The molecule has 1 aliphatic heterocycles. The number of aliphatic carboxylic acids is 1. The predicted octanol–water partition coefficient (Wildman–Crippen LogP) is -1.23. The number of nitrogens with zero attached hydrogens (tertiary/aromatic N) is 4. The van der Waals surface area contributed by atoms with Gasteiger partial charge in [0, 0.05) is 19.3 Å². The van der Waals surface area contributed by atoms with Gasteiger partial charge in [0.15, 0.2) is 6.10 Å². The maximum Gasteiger partial charge on any atom is 0.334 e. The van der Waals surface area contributed by atoms with Crippen molar-refractivity contribution in [1.82, 2.24) is 25.2 Å². The Morgan fingerprint density at radius 2 is 2.37 bits per heavy atom. The summed E-state index contributed by atoms with van der Waals surface area (Å²) in [6.45, 7) is 1.59. The van der Waals surface area contributed by atoms with Crippen molar-refractivity contribution in [3.05, 3.63) is 12.4 Å². The standard InChI is InChI=1S/C10H15N5O4/c16-9(17)8-7-14(5-6-19-8)10(18)11-1-3-15-4-2-12-13-15/h2,4,8H,1,3,5-7H2,(H,11,18)(H,16,17). The summed E-state index contributed by atoms with van der Waals surface area (Å²) in [5.41, 5.74) is 0. The summed E-state index contributed by atoms with van der Waals surface area (Å²) in [7, 11) is 0. The molecule has 9 heteroatoms. The monoisotopic (exact) mass is 269 g/mol. The lowest BCUT2D eigenvalue weighted by molar-refractivity contribution is -0.154. The van der Waals surface area contributed by atoms with Crippen LogP contribution in [-0.4, -0.2) is 69.3 Å². The highest BCUT2D eigenvalue weighted by Gasteiger charge is 2.28. The summed E-state index contributed by atoms with van der Waals surface area (Å²) in [5, 5.41) is 18.9. The van der Waals surface area contributed by atoms with E-state index in [9.17, 15) is 9.59 Å². The van der Waals surface area contributed by atoms with Crippen LogP contribution < -0.4 is 5.32 Å². The molecule has 1 aromatic rings. The number of carboxylic acids is 1. The smallest absolute Gasteiger partial charge is 0.334 e. The zero-order chi connectivity index (χ0) is 13.7. The van der Waals surface area contributed by atoms with Crippen molar-refractivity contribution in [2.45, 2.75) is 12.6 Å². The average molecular weight is 269 g/mol. The molecule has 2 heterocycles. The van der Waals surface area contributed by atoms with Crippen molar-refractivity contribution in [1.29, 1.82) is 0 Å². The molecule has 0 bridgehead atoms. The van der Waals surface area contributed by atoms with Gasteiger partial charge in [-0.2, -0.15) is 0 Å². The zero-order valence-electron chi connectivity index (χ0n) is 10.2. The Bertz CT molecular complexity index is 435. The SMILES string of the molecule is O=C(O)C1CN(C(=O)NCCn2ccnn2)CCO1. The van der Waals surface area contributed by atoms with E-state index in [-0.39, 0.29) is 19.2 Å². The summed E-state index contributed by atoms with van der Waals surface area (Å²) in [6, 6.07) is -0.297. The van der Waals surface area contributed by atoms with Gasteiger partial charge < -0.3 is 20.1 Å². The van der Waals surface area contributed by atoms with E-state index in [0.29, 0.717) is 19.6 Å². The van der Waals surface area contributed by atoms with Gasteiger partial charge in [0.25, 0.3) is 0 Å². The summed E-state index contributed by atoms with van der Waals surface area (Å²) < 4.78 is 6.64. The number of nitrogens with one attached hydrogen (secondary N) is 1. The van der Waals surface area contributed by atoms with Gasteiger partial charge in [-0.3, -0.25) is 4.68 Å². The number of hydrogen-bond acceptors (Lipinski definition) is 5. The van der Waals surface area contributed by atoms with E-state index >= 15 is 0 Å². The summed E-state index contributed by atoms with van der Waals surface area (Å²) in [5.74, 6) is -1.06. The van der Waals surface area contributed by atoms with Gasteiger partial charge in [0.05, 0.1) is 25.9 Å². The fourth-order valence-electron chi connectivity index (χ4n) is 1.72. The molecule has 9 nitrogen and oxygen atoms in total. The van der Waals surface area contributed by atoms with Crippen LogP contribution in [0.2, 0.25) is 0 Å². The summed E-state index contributed by atoms with van der Waals surface area (Å²) in [6.07, 6.45) is 2.30. The molecule has 1 saturated heterocycles. The predicted molar refractivity (Wildman–Crippen MR) is 62.4 cm³/mol. The minimum Gasteiger partial charge on any atom is -0.479 e. The van der Waals surface area contributed by atoms with Crippen molar-refractivity contribution >= 4 is 12.0 Å². The Hall–Kier alpha value is -2.16. The van der Waals surface area contributed by atoms with E-state index in [2.05, 4.69) is 15.6 Å². The molecule has 104 valence electrons. The van der Waals surface area contributed by atoms with Crippen LogP contribution in [0.25, 0.3) is 0 Å². The van der Waals surface area contributed by atoms with Gasteiger partial charge in [-0.25, -0.2) is 9.59 Å². The summed E-state index contributed by atoms with van der Waals surface area (Å²) >= 11 is 0. The Morgan fingerprint density at radius 1 is 1.53 bits per heavy atom. The van der Waals surface area contributed by atoms with Crippen LogP contribution in [0.5, 0.6) is 0 Å². The molecule has 0 saturated carbocycles. The zero-order valence-corrected chi connectivity index (χ0v) is 10.2. The molecule has 1 unspecified atom stereocenters. The highest BCUT2D eigenvalue weighted by Crippen LogP contribution is 2.05. The third kappa shape index (κ3) is 3.65. The number of carboxylic acid groups (broad SMARTS) is 1. The molecule has 2 N–H and O–H groups in total.